The summed E-state index contributed by atoms with van der Waals surface area (Å²) in [6.07, 6.45) is 9.31. The number of carbonyl (C=O) groups is 1. The van der Waals surface area contributed by atoms with E-state index in [0.29, 0.717) is 17.6 Å². The number of rotatable bonds is 7. The summed E-state index contributed by atoms with van der Waals surface area (Å²) in [5, 5.41) is 7.04. The molecular weight excluding hydrogens is 467 g/mol. The number of nitrogens with zero attached hydrogens (tertiary/aromatic N) is 4. The number of amides is 2. The maximum atomic E-state index is 14.2. The number of urea groups is 1. The van der Waals surface area contributed by atoms with Crippen LogP contribution in [0.4, 0.5) is 20.7 Å². The lowest BCUT2D eigenvalue weighted by Crippen LogP contribution is -2.62. The first kappa shape index (κ1) is 25.6. The van der Waals surface area contributed by atoms with Crippen molar-refractivity contribution in [3.05, 3.63) is 54.0 Å². The number of aliphatic imine (C=N–C) groups is 1. The molecule has 2 amide bonds. The van der Waals surface area contributed by atoms with Crippen LogP contribution < -0.4 is 15.5 Å². The minimum Gasteiger partial charge on any atom is -0.370 e. The van der Waals surface area contributed by atoms with Gasteiger partial charge in [0.25, 0.3) is 0 Å². The number of benzene rings is 1. The highest BCUT2D eigenvalue weighted by Gasteiger charge is 2.52. The zero-order valence-electron chi connectivity index (χ0n) is 22.0. The summed E-state index contributed by atoms with van der Waals surface area (Å²) in [6, 6.07) is 10.6. The van der Waals surface area contributed by atoms with Crippen LogP contribution in [-0.2, 0) is 6.54 Å². The molecule has 1 aromatic carbocycles. The SMILES string of the molecule is CC(C)CNc1ccc(CN2CCC3(CC2)C(NC2CCCCC2)=NC(=O)N3c2cccc(F)c2)cn1. The maximum absolute atomic E-state index is 14.2. The summed E-state index contributed by atoms with van der Waals surface area (Å²) in [4.78, 5) is 26.5. The fourth-order valence-electron chi connectivity index (χ4n) is 5.85. The Kier molecular flexibility index (Phi) is 7.74. The number of carbonyl (C=O) groups excluding carboxylic acids is 1. The summed E-state index contributed by atoms with van der Waals surface area (Å²) < 4.78 is 14.2. The van der Waals surface area contributed by atoms with Crippen molar-refractivity contribution in [3.63, 3.8) is 0 Å². The van der Waals surface area contributed by atoms with Crippen molar-refractivity contribution in [1.29, 1.82) is 0 Å². The molecule has 3 aliphatic rings. The first-order valence-electron chi connectivity index (χ1n) is 13.8. The molecule has 1 saturated carbocycles. The van der Waals surface area contributed by atoms with Crippen molar-refractivity contribution >= 4 is 23.4 Å². The number of hydrogen-bond acceptors (Lipinski definition) is 5. The van der Waals surface area contributed by atoms with E-state index >= 15 is 0 Å². The number of aromatic nitrogens is 1. The third-order valence-corrected chi connectivity index (χ3v) is 7.89. The second-order valence-electron chi connectivity index (χ2n) is 11.2. The van der Waals surface area contributed by atoms with Crippen molar-refractivity contribution in [2.45, 2.75) is 76.9 Å². The second kappa shape index (κ2) is 11.2. The Balaban J connectivity index is 1.31. The second-order valence-corrected chi connectivity index (χ2v) is 11.2. The Hall–Kier alpha value is -3.00. The van der Waals surface area contributed by atoms with Gasteiger partial charge < -0.3 is 10.6 Å². The van der Waals surface area contributed by atoms with E-state index in [0.717, 1.165) is 63.5 Å². The van der Waals surface area contributed by atoms with E-state index in [-0.39, 0.29) is 11.8 Å². The Morgan fingerprint density at radius 2 is 1.89 bits per heavy atom. The molecular formula is C29H39FN6O. The molecule has 198 valence electrons. The van der Waals surface area contributed by atoms with Crippen LogP contribution in [0.5, 0.6) is 0 Å². The Morgan fingerprint density at radius 3 is 2.57 bits per heavy atom. The zero-order chi connectivity index (χ0) is 25.8. The minimum absolute atomic E-state index is 0.300. The molecule has 7 nitrogen and oxygen atoms in total. The van der Waals surface area contributed by atoms with Crippen LogP contribution in [0.25, 0.3) is 0 Å². The third-order valence-electron chi connectivity index (χ3n) is 7.89. The lowest BCUT2D eigenvalue weighted by Gasteiger charge is -2.45. The standard InChI is InChI=1S/C29H39FN6O/c1-21(2)18-31-26-12-11-22(19-32-26)20-35-15-13-29(14-16-35)27(33-24-8-4-3-5-9-24)34-28(37)36(29)25-10-6-7-23(30)17-25/h6-7,10-12,17,19,21,24H,3-5,8-9,13-16,18,20H2,1-2H3,(H,31,32)(H,33,34,37). The number of amidine groups is 1. The van der Waals surface area contributed by atoms with E-state index in [4.69, 9.17) is 0 Å². The fourth-order valence-corrected chi connectivity index (χ4v) is 5.85. The lowest BCUT2D eigenvalue weighted by molar-refractivity contribution is 0.181. The first-order valence-corrected chi connectivity index (χ1v) is 13.8. The maximum Gasteiger partial charge on any atom is 0.350 e. The Bertz CT molecular complexity index is 1100. The van der Waals surface area contributed by atoms with Crippen LogP contribution in [0, 0.1) is 11.7 Å². The van der Waals surface area contributed by atoms with Gasteiger partial charge in [-0.15, -0.1) is 0 Å². The minimum atomic E-state index is -0.568. The predicted octanol–water partition coefficient (Wildman–Crippen LogP) is 5.58. The van der Waals surface area contributed by atoms with Crippen molar-refractivity contribution in [2.24, 2.45) is 10.9 Å². The van der Waals surface area contributed by atoms with Gasteiger partial charge >= 0.3 is 6.03 Å². The van der Waals surface area contributed by atoms with Gasteiger partial charge in [0.05, 0.1) is 0 Å². The van der Waals surface area contributed by atoms with Crippen molar-refractivity contribution in [1.82, 2.24) is 15.2 Å². The van der Waals surface area contributed by atoms with E-state index in [1.807, 2.05) is 18.3 Å². The Labute approximate surface area is 219 Å². The normalized spacial score (nSPS) is 20.5. The van der Waals surface area contributed by atoms with Crippen molar-refractivity contribution in [3.8, 4) is 0 Å². The summed E-state index contributed by atoms with van der Waals surface area (Å²) in [6.45, 7) is 7.71. The number of piperidine rings is 1. The summed E-state index contributed by atoms with van der Waals surface area (Å²) >= 11 is 0. The topological polar surface area (TPSA) is 72.9 Å². The van der Waals surface area contributed by atoms with Gasteiger partial charge in [-0.2, -0.15) is 4.99 Å². The molecule has 37 heavy (non-hydrogen) atoms. The monoisotopic (exact) mass is 506 g/mol. The van der Waals surface area contributed by atoms with E-state index in [1.54, 1.807) is 11.0 Å². The van der Waals surface area contributed by atoms with Gasteiger partial charge in [0.1, 0.15) is 23.0 Å². The molecule has 1 saturated heterocycles. The van der Waals surface area contributed by atoms with Gasteiger partial charge in [-0.25, -0.2) is 14.2 Å². The number of pyridine rings is 1. The number of hydrogen-bond donors (Lipinski definition) is 2. The molecule has 8 heteroatoms. The lowest BCUT2D eigenvalue weighted by atomic mass is 9.83. The average Bonchev–Trinajstić information content (AvgIpc) is 3.15. The average molecular weight is 507 g/mol. The highest BCUT2D eigenvalue weighted by Crippen LogP contribution is 2.39. The van der Waals surface area contributed by atoms with Crippen LogP contribution >= 0.6 is 0 Å². The number of likely N-dealkylation sites (tertiary alicyclic amines) is 1. The first-order chi connectivity index (χ1) is 17.9. The highest BCUT2D eigenvalue weighted by molar-refractivity contribution is 6.16. The molecule has 1 aliphatic carbocycles. The molecule has 0 unspecified atom stereocenters. The number of nitrogens with one attached hydrogen (secondary N) is 2. The van der Waals surface area contributed by atoms with Gasteiger partial charge in [-0.1, -0.05) is 45.2 Å². The van der Waals surface area contributed by atoms with E-state index in [2.05, 4.69) is 45.4 Å². The predicted molar refractivity (Wildman–Crippen MR) is 147 cm³/mol. The van der Waals surface area contributed by atoms with Gasteiger partial charge in [0, 0.05) is 44.1 Å². The van der Waals surface area contributed by atoms with Crippen LogP contribution in [0.15, 0.2) is 47.6 Å². The highest BCUT2D eigenvalue weighted by atomic mass is 19.1. The summed E-state index contributed by atoms with van der Waals surface area (Å²) in [5.41, 5.74) is 1.18. The van der Waals surface area contributed by atoms with Crippen LogP contribution in [0.3, 0.4) is 0 Å². The molecule has 2 aliphatic heterocycles. The van der Waals surface area contributed by atoms with Gasteiger partial charge in [-0.3, -0.25) is 9.80 Å². The van der Waals surface area contributed by atoms with Crippen LogP contribution in [-0.4, -0.2) is 53.0 Å². The van der Waals surface area contributed by atoms with E-state index in [9.17, 15) is 9.18 Å². The molecule has 3 heterocycles. The molecule has 0 bridgehead atoms. The molecule has 2 fully saturated rings. The molecule has 1 spiro atoms. The molecule has 1 aromatic heterocycles. The zero-order valence-corrected chi connectivity index (χ0v) is 22.0. The molecule has 0 radical (unpaired) electrons. The third kappa shape index (κ3) is 5.79. The fraction of sp³-hybridized carbons (Fsp3) is 0.552. The number of anilines is 2. The number of halogens is 1. The smallest absolute Gasteiger partial charge is 0.350 e. The van der Waals surface area contributed by atoms with Gasteiger partial charge in [-0.05, 0) is 61.4 Å². The quantitative estimate of drug-likeness (QED) is 0.513. The molecule has 0 atom stereocenters. The summed E-state index contributed by atoms with van der Waals surface area (Å²) in [7, 11) is 0. The van der Waals surface area contributed by atoms with Crippen LogP contribution in [0.1, 0.15) is 64.4 Å². The van der Waals surface area contributed by atoms with Gasteiger partial charge in [0.15, 0.2) is 0 Å². The molecule has 2 N–H and O–H groups in total. The Morgan fingerprint density at radius 1 is 1.11 bits per heavy atom. The van der Waals surface area contributed by atoms with Gasteiger partial charge in [0.2, 0.25) is 0 Å². The molecule has 2 aromatic rings. The van der Waals surface area contributed by atoms with Crippen LogP contribution in [0.2, 0.25) is 0 Å². The van der Waals surface area contributed by atoms with Crippen molar-refractivity contribution < 1.29 is 9.18 Å². The van der Waals surface area contributed by atoms with Crippen molar-refractivity contribution in [2.75, 3.05) is 29.9 Å². The van der Waals surface area contributed by atoms with E-state index in [1.165, 1.54) is 37.0 Å². The largest absolute Gasteiger partial charge is 0.370 e. The molecule has 5 rings (SSSR count). The summed E-state index contributed by atoms with van der Waals surface area (Å²) in [5.74, 6) is 1.90. The van der Waals surface area contributed by atoms with E-state index < -0.39 is 5.54 Å².